The number of nitrogens with one attached hydrogen (secondary N) is 1. The van der Waals surface area contributed by atoms with E-state index in [-0.39, 0.29) is 11.3 Å². The van der Waals surface area contributed by atoms with Crippen molar-refractivity contribution < 1.29 is 9.90 Å². The molecule has 29 heavy (non-hydrogen) atoms. The first kappa shape index (κ1) is 18.7. The number of carbonyl (C=O) groups excluding carboxylic acids is 1. The average Bonchev–Trinajstić information content (AvgIpc) is 3.26. The molecule has 1 amide bonds. The summed E-state index contributed by atoms with van der Waals surface area (Å²) in [4.78, 5) is 20.0. The van der Waals surface area contributed by atoms with Gasteiger partial charge in [-0.2, -0.15) is 5.10 Å². The molecule has 8 heteroatoms. The highest BCUT2D eigenvalue weighted by Gasteiger charge is 2.13. The maximum absolute atomic E-state index is 11.6. The molecule has 2 aromatic heterocycles. The van der Waals surface area contributed by atoms with Gasteiger partial charge in [-0.3, -0.25) is 9.79 Å². The quantitative estimate of drug-likeness (QED) is 0.453. The maximum atomic E-state index is 11.6. The maximum Gasteiger partial charge on any atom is 0.252 e. The van der Waals surface area contributed by atoms with E-state index in [1.54, 1.807) is 30.1 Å². The number of para-hydroxylation sites is 1. The van der Waals surface area contributed by atoms with Crippen molar-refractivity contribution in [3.05, 3.63) is 69.5 Å². The van der Waals surface area contributed by atoms with E-state index >= 15 is 0 Å². The molecule has 0 saturated heterocycles. The third-order valence-corrected chi connectivity index (χ3v) is 5.59. The Labute approximate surface area is 170 Å². The van der Waals surface area contributed by atoms with Gasteiger partial charge in [0, 0.05) is 40.2 Å². The van der Waals surface area contributed by atoms with Crippen molar-refractivity contribution in [1.82, 2.24) is 9.66 Å². The van der Waals surface area contributed by atoms with Gasteiger partial charge in [0.1, 0.15) is 5.75 Å². The van der Waals surface area contributed by atoms with E-state index in [1.807, 2.05) is 36.6 Å². The van der Waals surface area contributed by atoms with Crippen LogP contribution in [-0.4, -0.2) is 33.9 Å². The lowest BCUT2D eigenvalue weighted by Gasteiger charge is -2.06. The van der Waals surface area contributed by atoms with Crippen LogP contribution in [0.4, 0.5) is 0 Å². The number of thiazole rings is 1. The van der Waals surface area contributed by atoms with Crippen molar-refractivity contribution in [3.8, 4) is 17.0 Å². The Morgan fingerprint density at radius 2 is 2.07 bits per heavy atom. The van der Waals surface area contributed by atoms with E-state index in [4.69, 9.17) is 5.73 Å². The molecule has 0 spiro atoms. The van der Waals surface area contributed by atoms with Gasteiger partial charge in [0.25, 0.3) is 5.91 Å². The van der Waals surface area contributed by atoms with Crippen LogP contribution < -0.4 is 10.5 Å². The summed E-state index contributed by atoms with van der Waals surface area (Å²) >= 11 is 1.43. The third kappa shape index (κ3) is 3.34. The van der Waals surface area contributed by atoms with Crippen molar-refractivity contribution in [2.45, 2.75) is 6.92 Å². The van der Waals surface area contributed by atoms with E-state index in [2.05, 4.69) is 15.1 Å². The molecule has 0 bridgehead atoms. The fraction of sp³-hybridized carbons (Fsp3) is 0.0952. The van der Waals surface area contributed by atoms with Gasteiger partial charge in [0.2, 0.25) is 4.80 Å². The predicted molar refractivity (Wildman–Crippen MR) is 115 cm³/mol. The Morgan fingerprint density at radius 3 is 2.83 bits per heavy atom. The van der Waals surface area contributed by atoms with E-state index in [9.17, 15) is 9.90 Å². The molecule has 2 aromatic carbocycles. The fourth-order valence-electron chi connectivity index (χ4n) is 3.23. The summed E-state index contributed by atoms with van der Waals surface area (Å²) < 4.78 is 1.71. The van der Waals surface area contributed by atoms with Gasteiger partial charge in [-0.1, -0.05) is 18.2 Å². The number of H-pyrrole nitrogens is 1. The molecule has 0 fully saturated rings. The zero-order chi connectivity index (χ0) is 20.5. The summed E-state index contributed by atoms with van der Waals surface area (Å²) in [6.07, 6.45) is 1.80. The average molecular weight is 405 g/mol. The fourth-order valence-corrected chi connectivity index (χ4v) is 4.04. The minimum Gasteiger partial charge on any atom is -0.507 e. The van der Waals surface area contributed by atoms with E-state index in [0.717, 1.165) is 27.9 Å². The number of primary amides is 1. The molecule has 2 heterocycles. The molecule has 0 radical (unpaired) electrons. The first-order valence-electron chi connectivity index (χ1n) is 8.88. The monoisotopic (exact) mass is 405 g/mol. The lowest BCUT2D eigenvalue weighted by atomic mass is 10.1. The first-order valence-corrected chi connectivity index (χ1v) is 9.75. The highest BCUT2D eigenvalue weighted by Crippen LogP contribution is 2.26. The Balaban J connectivity index is 1.84. The molecule has 0 aliphatic rings. The molecule has 0 saturated carbocycles. The Kier molecular flexibility index (Phi) is 4.77. The summed E-state index contributed by atoms with van der Waals surface area (Å²) in [5.41, 5.74) is 9.94. The summed E-state index contributed by atoms with van der Waals surface area (Å²) in [7, 11) is 1.70. The number of aromatic hydroxyl groups is 1. The largest absolute Gasteiger partial charge is 0.507 e. The molecule has 0 unspecified atom stereocenters. The highest BCUT2D eigenvalue weighted by molar-refractivity contribution is 7.07. The number of amides is 1. The molecule has 0 aliphatic heterocycles. The normalized spacial score (nSPS) is 12.3. The minimum absolute atomic E-state index is 0.0617. The Hall–Kier alpha value is -3.65. The lowest BCUT2D eigenvalue weighted by molar-refractivity contribution is 0.0998. The van der Waals surface area contributed by atoms with Gasteiger partial charge >= 0.3 is 0 Å². The van der Waals surface area contributed by atoms with Gasteiger partial charge in [-0.25, -0.2) is 4.68 Å². The van der Waals surface area contributed by atoms with Gasteiger partial charge in [-0.05, 0) is 31.2 Å². The zero-order valence-corrected chi connectivity index (χ0v) is 16.7. The second-order valence-electron chi connectivity index (χ2n) is 6.49. The number of carbonyl (C=O) groups is 1. The number of aromatic nitrogens is 2. The van der Waals surface area contributed by atoms with Crippen LogP contribution in [0.3, 0.4) is 0 Å². The second-order valence-corrected chi connectivity index (χ2v) is 7.33. The Morgan fingerprint density at radius 1 is 1.28 bits per heavy atom. The van der Waals surface area contributed by atoms with Crippen molar-refractivity contribution in [1.29, 1.82) is 0 Å². The van der Waals surface area contributed by atoms with Crippen molar-refractivity contribution in [3.63, 3.8) is 0 Å². The molecule has 4 rings (SSSR count). The number of benzene rings is 2. The van der Waals surface area contributed by atoms with Crippen LogP contribution in [-0.2, 0) is 0 Å². The molecule has 0 atom stereocenters. The van der Waals surface area contributed by atoms with Crippen LogP contribution in [0.1, 0.15) is 21.6 Å². The zero-order valence-electron chi connectivity index (χ0n) is 15.9. The summed E-state index contributed by atoms with van der Waals surface area (Å²) in [5, 5.41) is 17.5. The molecule has 4 aromatic rings. The topological polar surface area (TPSA) is 109 Å². The van der Waals surface area contributed by atoms with Crippen molar-refractivity contribution in [2.75, 3.05) is 7.05 Å². The van der Waals surface area contributed by atoms with Gasteiger partial charge < -0.3 is 15.8 Å². The number of rotatable bonds is 4. The number of phenols is 1. The van der Waals surface area contributed by atoms with Crippen LogP contribution in [0, 0.1) is 6.92 Å². The smallest absolute Gasteiger partial charge is 0.252 e. The van der Waals surface area contributed by atoms with E-state index in [0.29, 0.717) is 10.4 Å². The summed E-state index contributed by atoms with van der Waals surface area (Å²) in [5.74, 6) is -0.842. The van der Waals surface area contributed by atoms with Crippen LogP contribution in [0.25, 0.3) is 22.2 Å². The van der Waals surface area contributed by atoms with Gasteiger partial charge in [-0.15, -0.1) is 11.3 Å². The van der Waals surface area contributed by atoms with Gasteiger partial charge in [0.15, 0.2) is 0 Å². The minimum atomic E-state index is -0.690. The van der Waals surface area contributed by atoms with Crippen LogP contribution in [0.15, 0.2) is 57.9 Å². The number of fused-ring (bicyclic) bond motifs is 1. The number of hydrogen-bond donors (Lipinski definition) is 3. The molecule has 146 valence electrons. The summed E-state index contributed by atoms with van der Waals surface area (Å²) in [6, 6.07) is 12.8. The molecular weight excluding hydrogens is 386 g/mol. The Bertz CT molecular complexity index is 1330. The number of nitrogens with two attached hydrogens (primary N) is 1. The van der Waals surface area contributed by atoms with Gasteiger partial charge in [0.05, 0.1) is 17.5 Å². The molecule has 7 nitrogen and oxygen atoms in total. The van der Waals surface area contributed by atoms with E-state index in [1.165, 1.54) is 17.4 Å². The summed E-state index contributed by atoms with van der Waals surface area (Å²) in [6.45, 7) is 2.00. The first-order chi connectivity index (χ1) is 14.0. The van der Waals surface area contributed by atoms with Crippen molar-refractivity contribution in [2.24, 2.45) is 15.8 Å². The van der Waals surface area contributed by atoms with Crippen LogP contribution >= 0.6 is 11.3 Å². The molecular formula is C21H19N5O2S. The van der Waals surface area contributed by atoms with Crippen LogP contribution in [0.2, 0.25) is 0 Å². The number of aromatic amines is 1. The highest BCUT2D eigenvalue weighted by atomic mass is 32.1. The van der Waals surface area contributed by atoms with E-state index < -0.39 is 5.91 Å². The standard InChI is InChI=1S/C21H19N5O2S/c1-12-16(14-5-3-4-6-17(14)25-12)10-24-26-18(11-29-21(26)23-2)13-7-8-19(27)15(9-13)20(22)28/h3-11,25,27H,1-2H3,(H2,22,28)/b23-21?,24-10+. The van der Waals surface area contributed by atoms with Crippen LogP contribution in [0.5, 0.6) is 5.75 Å². The second kappa shape index (κ2) is 7.40. The number of nitrogens with zero attached hydrogens (tertiary/aromatic N) is 3. The molecule has 0 aliphatic carbocycles. The SMILES string of the molecule is CN=c1scc(-c2ccc(O)c(C(N)=O)c2)n1/N=C/c1c(C)[nH]c2ccccc12. The lowest BCUT2D eigenvalue weighted by Crippen LogP contribution is -2.13. The molecule has 4 N–H and O–H groups in total. The number of hydrogen-bond acceptors (Lipinski definition) is 5. The van der Waals surface area contributed by atoms with Crippen molar-refractivity contribution >= 4 is 34.4 Å². The third-order valence-electron chi connectivity index (χ3n) is 4.68. The predicted octanol–water partition coefficient (Wildman–Crippen LogP) is 3.22. The number of aryl methyl sites for hydroxylation is 1.